The summed E-state index contributed by atoms with van der Waals surface area (Å²) >= 11 is 0. The van der Waals surface area contributed by atoms with E-state index in [2.05, 4.69) is 29.6 Å². The molecule has 2 N–H and O–H groups in total. The van der Waals surface area contributed by atoms with Crippen LogP contribution in [0.2, 0.25) is 0 Å². The number of nitrogens with one attached hydrogen (secondary N) is 2. The summed E-state index contributed by atoms with van der Waals surface area (Å²) < 4.78 is 0. The minimum Gasteiger partial charge on any atom is -0.384 e. The number of nitrogens with zero attached hydrogens (tertiary/aromatic N) is 1. The lowest BCUT2D eigenvalue weighted by atomic mass is 9.88. The first-order valence-electron chi connectivity index (χ1n) is 7.94. The normalized spacial score (nSPS) is 16.0. The van der Waals surface area contributed by atoms with Crippen LogP contribution in [0.15, 0.2) is 24.3 Å². The highest BCUT2D eigenvalue weighted by molar-refractivity contribution is 5.92. The number of likely N-dealkylation sites (N-methyl/N-ethyl adjacent to an activating group) is 1. The predicted octanol–water partition coefficient (Wildman–Crippen LogP) is 3.18. The van der Waals surface area contributed by atoms with Crippen molar-refractivity contribution in [2.75, 3.05) is 37.8 Å². The van der Waals surface area contributed by atoms with Gasteiger partial charge in [0.15, 0.2) is 0 Å². The Balaban J connectivity index is 1.80. The molecule has 0 atom stereocenters. The molecule has 0 aromatic heterocycles. The maximum absolute atomic E-state index is 12.2. The summed E-state index contributed by atoms with van der Waals surface area (Å²) in [6.07, 6.45) is 5.72. The first-order valence-corrected chi connectivity index (χ1v) is 7.94. The molecule has 116 valence electrons. The molecular weight excluding hydrogens is 262 g/mol. The molecule has 0 spiro atoms. The summed E-state index contributed by atoms with van der Waals surface area (Å²) in [7, 11) is 4.12. The van der Waals surface area contributed by atoms with Gasteiger partial charge in [0.1, 0.15) is 0 Å². The molecule has 2 rings (SSSR count). The molecule has 0 heterocycles. The maximum Gasteiger partial charge on any atom is 0.227 e. The van der Waals surface area contributed by atoms with Crippen LogP contribution >= 0.6 is 0 Å². The molecule has 0 bridgehead atoms. The zero-order valence-electron chi connectivity index (χ0n) is 13.2. The van der Waals surface area contributed by atoms with E-state index in [1.807, 2.05) is 24.3 Å². The van der Waals surface area contributed by atoms with E-state index < -0.39 is 0 Å². The Morgan fingerprint density at radius 2 is 1.71 bits per heavy atom. The SMILES string of the molecule is CN(C)CCNc1ccc(NC(=O)C2CCCCC2)cc1. The highest BCUT2D eigenvalue weighted by atomic mass is 16.1. The molecule has 4 nitrogen and oxygen atoms in total. The average Bonchev–Trinajstić information content (AvgIpc) is 2.49. The van der Waals surface area contributed by atoms with Crippen LogP contribution in [0.4, 0.5) is 11.4 Å². The second kappa shape index (κ2) is 8.03. The lowest BCUT2D eigenvalue weighted by Gasteiger charge is -2.20. The van der Waals surface area contributed by atoms with Crippen molar-refractivity contribution in [3.63, 3.8) is 0 Å². The van der Waals surface area contributed by atoms with Crippen molar-refractivity contribution in [3.05, 3.63) is 24.3 Å². The number of carbonyl (C=O) groups is 1. The third-order valence-corrected chi connectivity index (χ3v) is 4.02. The molecule has 1 aliphatic rings. The number of amides is 1. The van der Waals surface area contributed by atoms with Gasteiger partial charge in [-0.3, -0.25) is 4.79 Å². The molecule has 1 saturated carbocycles. The molecule has 0 radical (unpaired) electrons. The zero-order chi connectivity index (χ0) is 15.1. The summed E-state index contributed by atoms with van der Waals surface area (Å²) in [5.41, 5.74) is 1.98. The molecule has 1 aliphatic carbocycles. The van der Waals surface area contributed by atoms with Crippen LogP contribution in [-0.4, -0.2) is 38.0 Å². The van der Waals surface area contributed by atoms with Gasteiger partial charge in [0.05, 0.1) is 0 Å². The fraction of sp³-hybridized carbons (Fsp3) is 0.588. The fourth-order valence-corrected chi connectivity index (χ4v) is 2.70. The van der Waals surface area contributed by atoms with E-state index in [0.29, 0.717) is 0 Å². The van der Waals surface area contributed by atoms with Crippen molar-refractivity contribution < 1.29 is 4.79 Å². The molecule has 0 unspecified atom stereocenters. The first kappa shape index (κ1) is 15.8. The Hall–Kier alpha value is -1.55. The number of anilines is 2. The van der Waals surface area contributed by atoms with Gasteiger partial charge in [-0.1, -0.05) is 19.3 Å². The summed E-state index contributed by atoms with van der Waals surface area (Å²) in [4.78, 5) is 14.3. The summed E-state index contributed by atoms with van der Waals surface area (Å²) in [5, 5.41) is 6.40. The average molecular weight is 289 g/mol. The van der Waals surface area contributed by atoms with E-state index in [1.165, 1.54) is 19.3 Å². The van der Waals surface area contributed by atoms with Crippen LogP contribution in [0.25, 0.3) is 0 Å². The molecular formula is C17H27N3O. The van der Waals surface area contributed by atoms with E-state index in [1.54, 1.807) is 0 Å². The van der Waals surface area contributed by atoms with Crippen molar-refractivity contribution in [2.45, 2.75) is 32.1 Å². The van der Waals surface area contributed by atoms with E-state index in [4.69, 9.17) is 0 Å². The van der Waals surface area contributed by atoms with E-state index in [9.17, 15) is 4.79 Å². The second-order valence-electron chi connectivity index (χ2n) is 6.13. The van der Waals surface area contributed by atoms with E-state index in [0.717, 1.165) is 37.3 Å². The zero-order valence-corrected chi connectivity index (χ0v) is 13.2. The largest absolute Gasteiger partial charge is 0.384 e. The highest BCUT2D eigenvalue weighted by Crippen LogP contribution is 2.25. The van der Waals surface area contributed by atoms with Crippen LogP contribution in [0, 0.1) is 5.92 Å². The minimum absolute atomic E-state index is 0.183. The van der Waals surface area contributed by atoms with E-state index >= 15 is 0 Å². The summed E-state index contributed by atoms with van der Waals surface area (Å²) in [5.74, 6) is 0.389. The number of hydrogen-bond acceptors (Lipinski definition) is 3. The van der Waals surface area contributed by atoms with Crippen molar-refractivity contribution in [1.29, 1.82) is 0 Å². The summed E-state index contributed by atoms with van der Waals surface area (Å²) in [6.45, 7) is 1.92. The van der Waals surface area contributed by atoms with Gasteiger partial charge in [-0.25, -0.2) is 0 Å². The lowest BCUT2D eigenvalue weighted by molar-refractivity contribution is -0.120. The van der Waals surface area contributed by atoms with Gasteiger partial charge in [0.25, 0.3) is 0 Å². The van der Waals surface area contributed by atoms with Crippen LogP contribution in [0.3, 0.4) is 0 Å². The molecule has 1 fully saturated rings. The Labute approximate surface area is 127 Å². The van der Waals surface area contributed by atoms with Crippen molar-refractivity contribution in [3.8, 4) is 0 Å². The molecule has 1 amide bonds. The van der Waals surface area contributed by atoms with Gasteiger partial charge in [0.2, 0.25) is 5.91 Å². The van der Waals surface area contributed by atoms with Crippen molar-refractivity contribution in [1.82, 2.24) is 4.90 Å². The van der Waals surface area contributed by atoms with Crippen LogP contribution in [0.5, 0.6) is 0 Å². The smallest absolute Gasteiger partial charge is 0.227 e. The Bertz CT molecular complexity index is 436. The molecule has 1 aromatic carbocycles. The van der Waals surface area contributed by atoms with Gasteiger partial charge < -0.3 is 15.5 Å². The third kappa shape index (κ3) is 5.38. The topological polar surface area (TPSA) is 44.4 Å². The highest BCUT2D eigenvalue weighted by Gasteiger charge is 2.20. The predicted molar refractivity (Wildman–Crippen MR) is 88.7 cm³/mol. The quantitative estimate of drug-likeness (QED) is 0.845. The molecule has 21 heavy (non-hydrogen) atoms. The fourth-order valence-electron chi connectivity index (χ4n) is 2.70. The Morgan fingerprint density at radius 3 is 2.33 bits per heavy atom. The van der Waals surface area contributed by atoms with E-state index in [-0.39, 0.29) is 11.8 Å². The van der Waals surface area contributed by atoms with Crippen LogP contribution in [-0.2, 0) is 4.79 Å². The van der Waals surface area contributed by atoms with Gasteiger partial charge in [-0.05, 0) is 51.2 Å². The first-order chi connectivity index (χ1) is 10.1. The molecule has 0 saturated heterocycles. The number of benzene rings is 1. The van der Waals surface area contributed by atoms with Gasteiger partial charge in [0, 0.05) is 30.4 Å². The standard InChI is InChI=1S/C17H27N3O/c1-20(2)13-12-18-15-8-10-16(11-9-15)19-17(21)14-6-4-3-5-7-14/h8-11,14,18H,3-7,12-13H2,1-2H3,(H,19,21). The van der Waals surface area contributed by atoms with Gasteiger partial charge in [-0.15, -0.1) is 0 Å². The molecule has 0 aliphatic heterocycles. The maximum atomic E-state index is 12.2. The van der Waals surface area contributed by atoms with Crippen LogP contribution < -0.4 is 10.6 Å². The second-order valence-corrected chi connectivity index (χ2v) is 6.13. The Morgan fingerprint density at radius 1 is 1.10 bits per heavy atom. The van der Waals surface area contributed by atoms with Crippen LogP contribution in [0.1, 0.15) is 32.1 Å². The third-order valence-electron chi connectivity index (χ3n) is 4.02. The van der Waals surface area contributed by atoms with Gasteiger partial charge >= 0.3 is 0 Å². The number of hydrogen-bond donors (Lipinski definition) is 2. The summed E-state index contributed by atoms with van der Waals surface area (Å²) in [6, 6.07) is 7.98. The van der Waals surface area contributed by atoms with Crippen molar-refractivity contribution >= 4 is 17.3 Å². The molecule has 1 aromatic rings. The van der Waals surface area contributed by atoms with Crippen molar-refractivity contribution in [2.24, 2.45) is 5.92 Å². The lowest BCUT2D eigenvalue weighted by Crippen LogP contribution is -2.24. The minimum atomic E-state index is 0.183. The Kier molecular flexibility index (Phi) is 6.05. The number of rotatable bonds is 6. The molecule has 4 heteroatoms. The monoisotopic (exact) mass is 289 g/mol. The van der Waals surface area contributed by atoms with Gasteiger partial charge in [-0.2, -0.15) is 0 Å². The number of carbonyl (C=O) groups excluding carboxylic acids is 1.